The predicted molar refractivity (Wildman–Crippen MR) is 105 cm³/mol. The number of methoxy groups -OCH3 is 2. The minimum atomic E-state index is -0.338. The minimum Gasteiger partial charge on any atom is -0.493 e. The van der Waals surface area contributed by atoms with Gasteiger partial charge in [-0.05, 0) is 54.1 Å². The molecule has 144 valence electrons. The molecule has 3 rings (SSSR count). The van der Waals surface area contributed by atoms with Gasteiger partial charge < -0.3 is 24.5 Å². The fourth-order valence-electron chi connectivity index (χ4n) is 2.62. The Kier molecular flexibility index (Phi) is 5.96. The topological polar surface area (TPSA) is 89.8 Å². The molecular formula is C21H20N2O5. The van der Waals surface area contributed by atoms with Crippen LogP contribution in [0.25, 0.3) is 0 Å². The highest BCUT2D eigenvalue weighted by Crippen LogP contribution is 2.27. The Bertz CT molecular complexity index is 949. The van der Waals surface area contributed by atoms with Crippen LogP contribution in [0.1, 0.15) is 16.1 Å². The number of ether oxygens (including phenoxy) is 2. The number of hydrogen-bond donors (Lipinski definition) is 2. The van der Waals surface area contributed by atoms with Crippen molar-refractivity contribution < 1.29 is 23.5 Å². The lowest BCUT2D eigenvalue weighted by molar-refractivity contribution is -0.115. The number of benzene rings is 2. The van der Waals surface area contributed by atoms with Gasteiger partial charge in [0, 0.05) is 11.4 Å². The number of amides is 2. The second kappa shape index (κ2) is 8.77. The van der Waals surface area contributed by atoms with Gasteiger partial charge in [0.2, 0.25) is 5.91 Å². The molecular weight excluding hydrogens is 360 g/mol. The van der Waals surface area contributed by atoms with Gasteiger partial charge >= 0.3 is 0 Å². The summed E-state index contributed by atoms with van der Waals surface area (Å²) in [5.74, 6) is 0.908. The van der Waals surface area contributed by atoms with E-state index in [0.717, 1.165) is 5.56 Å². The molecule has 0 bridgehead atoms. The van der Waals surface area contributed by atoms with E-state index in [9.17, 15) is 9.59 Å². The van der Waals surface area contributed by atoms with Gasteiger partial charge in [-0.1, -0.05) is 6.07 Å². The van der Waals surface area contributed by atoms with Crippen molar-refractivity contribution in [2.45, 2.75) is 6.42 Å². The van der Waals surface area contributed by atoms with Gasteiger partial charge in [0.25, 0.3) is 5.91 Å². The van der Waals surface area contributed by atoms with Crippen LogP contribution >= 0.6 is 0 Å². The quantitative estimate of drug-likeness (QED) is 0.652. The van der Waals surface area contributed by atoms with E-state index in [1.165, 1.54) is 6.26 Å². The Morgan fingerprint density at radius 1 is 0.893 bits per heavy atom. The third-order valence-corrected chi connectivity index (χ3v) is 3.98. The number of furan rings is 1. The fourth-order valence-corrected chi connectivity index (χ4v) is 2.62. The van der Waals surface area contributed by atoms with Crippen molar-refractivity contribution in [2.75, 3.05) is 24.9 Å². The zero-order valence-corrected chi connectivity index (χ0v) is 15.5. The van der Waals surface area contributed by atoms with E-state index in [2.05, 4.69) is 10.6 Å². The SMILES string of the molecule is COc1ccc(CC(=O)Nc2ccc(NC(=O)c3ccco3)cc2)cc1OC. The summed E-state index contributed by atoms with van der Waals surface area (Å²) < 4.78 is 15.5. The highest BCUT2D eigenvalue weighted by Gasteiger charge is 2.10. The molecule has 0 aliphatic rings. The van der Waals surface area contributed by atoms with E-state index in [1.54, 1.807) is 62.8 Å². The molecule has 2 N–H and O–H groups in total. The molecule has 0 aliphatic carbocycles. The van der Waals surface area contributed by atoms with Crippen LogP contribution in [0.5, 0.6) is 11.5 Å². The second-order valence-corrected chi connectivity index (χ2v) is 5.92. The van der Waals surface area contributed by atoms with Crippen LogP contribution in [-0.4, -0.2) is 26.0 Å². The Hall–Kier alpha value is -3.74. The Labute approximate surface area is 162 Å². The first kappa shape index (κ1) is 19.0. The average molecular weight is 380 g/mol. The summed E-state index contributed by atoms with van der Waals surface area (Å²) in [6.07, 6.45) is 1.63. The Morgan fingerprint density at radius 2 is 1.57 bits per heavy atom. The van der Waals surface area contributed by atoms with E-state index in [1.807, 2.05) is 6.07 Å². The Morgan fingerprint density at radius 3 is 2.18 bits per heavy atom. The maximum atomic E-state index is 12.3. The summed E-state index contributed by atoms with van der Waals surface area (Å²) in [6.45, 7) is 0. The summed E-state index contributed by atoms with van der Waals surface area (Å²) in [5, 5.41) is 5.54. The van der Waals surface area contributed by atoms with E-state index in [-0.39, 0.29) is 24.0 Å². The lowest BCUT2D eigenvalue weighted by Gasteiger charge is -2.10. The monoisotopic (exact) mass is 380 g/mol. The van der Waals surface area contributed by atoms with Crippen molar-refractivity contribution in [3.63, 3.8) is 0 Å². The van der Waals surface area contributed by atoms with Crippen molar-refractivity contribution in [3.8, 4) is 11.5 Å². The first-order chi connectivity index (χ1) is 13.6. The first-order valence-corrected chi connectivity index (χ1v) is 8.54. The zero-order chi connectivity index (χ0) is 19.9. The number of carbonyl (C=O) groups is 2. The third-order valence-electron chi connectivity index (χ3n) is 3.98. The molecule has 7 heteroatoms. The van der Waals surface area contributed by atoms with Crippen LogP contribution in [0.15, 0.2) is 65.3 Å². The first-order valence-electron chi connectivity index (χ1n) is 8.54. The summed E-state index contributed by atoms with van der Waals surface area (Å²) in [5.41, 5.74) is 2.03. The van der Waals surface area contributed by atoms with E-state index >= 15 is 0 Å². The second-order valence-electron chi connectivity index (χ2n) is 5.92. The van der Waals surface area contributed by atoms with Crippen molar-refractivity contribution >= 4 is 23.2 Å². The van der Waals surface area contributed by atoms with Crippen LogP contribution in [0, 0.1) is 0 Å². The molecule has 2 amide bonds. The van der Waals surface area contributed by atoms with E-state index < -0.39 is 0 Å². The van der Waals surface area contributed by atoms with E-state index in [0.29, 0.717) is 22.9 Å². The van der Waals surface area contributed by atoms with Crippen LogP contribution in [0.3, 0.4) is 0 Å². The number of hydrogen-bond acceptors (Lipinski definition) is 5. The molecule has 0 spiro atoms. The molecule has 0 fully saturated rings. The van der Waals surface area contributed by atoms with Crippen LogP contribution < -0.4 is 20.1 Å². The standard InChI is InChI=1S/C21H20N2O5/c1-26-17-10-5-14(12-19(17)27-2)13-20(24)22-15-6-8-16(9-7-15)23-21(25)18-4-3-11-28-18/h3-12H,13H2,1-2H3,(H,22,24)(H,23,25). The molecule has 3 aromatic rings. The number of carbonyl (C=O) groups excluding carboxylic acids is 2. The molecule has 0 radical (unpaired) electrons. The molecule has 0 unspecified atom stereocenters. The molecule has 0 saturated heterocycles. The molecule has 0 saturated carbocycles. The normalized spacial score (nSPS) is 10.2. The number of nitrogens with one attached hydrogen (secondary N) is 2. The Balaban J connectivity index is 1.58. The zero-order valence-electron chi connectivity index (χ0n) is 15.5. The van der Waals surface area contributed by atoms with Crippen molar-refractivity contribution in [1.29, 1.82) is 0 Å². The summed E-state index contributed by atoms with van der Waals surface area (Å²) >= 11 is 0. The highest BCUT2D eigenvalue weighted by molar-refractivity contribution is 6.02. The highest BCUT2D eigenvalue weighted by atomic mass is 16.5. The number of rotatable bonds is 7. The average Bonchev–Trinajstić information content (AvgIpc) is 3.24. The summed E-state index contributed by atoms with van der Waals surface area (Å²) in [6, 6.07) is 15.4. The van der Waals surface area contributed by atoms with Gasteiger partial charge in [0.15, 0.2) is 17.3 Å². The number of anilines is 2. The fraction of sp³-hybridized carbons (Fsp3) is 0.143. The smallest absolute Gasteiger partial charge is 0.291 e. The maximum Gasteiger partial charge on any atom is 0.291 e. The third kappa shape index (κ3) is 4.70. The maximum absolute atomic E-state index is 12.3. The van der Waals surface area contributed by atoms with Gasteiger partial charge in [0.05, 0.1) is 26.9 Å². The van der Waals surface area contributed by atoms with Gasteiger partial charge in [-0.15, -0.1) is 0 Å². The molecule has 28 heavy (non-hydrogen) atoms. The summed E-state index contributed by atoms with van der Waals surface area (Å²) in [7, 11) is 3.11. The molecule has 1 aromatic heterocycles. The summed E-state index contributed by atoms with van der Waals surface area (Å²) in [4.78, 5) is 24.2. The van der Waals surface area contributed by atoms with Gasteiger partial charge in [-0.3, -0.25) is 9.59 Å². The van der Waals surface area contributed by atoms with Crippen molar-refractivity contribution in [1.82, 2.24) is 0 Å². The molecule has 0 atom stereocenters. The van der Waals surface area contributed by atoms with Crippen LogP contribution in [0.4, 0.5) is 11.4 Å². The van der Waals surface area contributed by atoms with E-state index in [4.69, 9.17) is 13.9 Å². The van der Waals surface area contributed by atoms with Gasteiger partial charge in [0.1, 0.15) is 0 Å². The van der Waals surface area contributed by atoms with Crippen molar-refractivity contribution in [2.24, 2.45) is 0 Å². The lowest BCUT2D eigenvalue weighted by atomic mass is 10.1. The van der Waals surface area contributed by atoms with Crippen LogP contribution in [-0.2, 0) is 11.2 Å². The molecule has 0 aliphatic heterocycles. The van der Waals surface area contributed by atoms with Gasteiger partial charge in [-0.2, -0.15) is 0 Å². The van der Waals surface area contributed by atoms with Gasteiger partial charge in [-0.25, -0.2) is 0 Å². The molecule has 1 heterocycles. The largest absolute Gasteiger partial charge is 0.493 e. The van der Waals surface area contributed by atoms with Crippen LogP contribution in [0.2, 0.25) is 0 Å². The molecule has 2 aromatic carbocycles. The predicted octanol–water partition coefficient (Wildman–Crippen LogP) is 3.73. The molecule has 7 nitrogen and oxygen atoms in total. The lowest BCUT2D eigenvalue weighted by Crippen LogP contribution is -2.15. The minimum absolute atomic E-state index is 0.167. The van der Waals surface area contributed by atoms with Crippen molar-refractivity contribution in [3.05, 3.63) is 72.2 Å².